The number of carbonyl (C=O) groups is 8. The molecule has 4 saturated heterocycles. The summed E-state index contributed by atoms with van der Waals surface area (Å²) in [4.78, 5) is 115. The number of nitrogens with one attached hydrogen (secondary N) is 8. The lowest BCUT2D eigenvalue weighted by atomic mass is 9.83. The zero-order valence-corrected chi connectivity index (χ0v) is 60.1. The van der Waals surface area contributed by atoms with Crippen molar-refractivity contribution in [1.29, 1.82) is 0 Å². The topological polar surface area (TPSA) is 239 Å². The van der Waals surface area contributed by atoms with Crippen molar-refractivity contribution in [2.24, 2.45) is 10.8 Å². The molecular weight excluding hydrogens is 1300 g/mol. The Kier molecular flexibility index (Phi) is 41.4. The maximum atomic E-state index is 14.5. The first-order chi connectivity index (χ1) is 35.2. The van der Waals surface area contributed by atoms with E-state index in [9.17, 15) is 38.4 Å². The Labute approximate surface area is 574 Å². The van der Waals surface area contributed by atoms with Crippen LogP contribution in [0.1, 0.15) is 102 Å². The average Bonchev–Trinajstić information content (AvgIpc) is 3.71. The lowest BCUT2D eigenvalue weighted by Gasteiger charge is -2.35. The molecule has 0 aliphatic carbocycles. The smallest absolute Gasteiger partial charge is 0.247 e. The van der Waals surface area contributed by atoms with Crippen LogP contribution in [0.25, 0.3) is 0 Å². The van der Waals surface area contributed by atoms with E-state index in [1.54, 1.807) is 110 Å². The fraction of sp³-hybridized carbons (Fsp3) is 0.519. The molecule has 4 heterocycles. The lowest BCUT2D eigenvalue weighted by Crippen LogP contribution is -2.58. The normalized spacial score (nSPS) is 21.7. The van der Waals surface area contributed by atoms with Crippen LogP contribution in [0.3, 0.4) is 0 Å². The van der Waals surface area contributed by atoms with Crippen LogP contribution in [0, 0.1) is 10.8 Å². The molecule has 10 atom stereocenters. The molecule has 4 fully saturated rings. The number of hydrogen-bond acceptors (Lipinski definition) is 12. The molecule has 3 aromatic rings. The van der Waals surface area contributed by atoms with Gasteiger partial charge in [-0.2, -0.15) is 135 Å². The quantitative estimate of drug-likeness (QED) is 0.0898. The highest BCUT2D eigenvalue weighted by Gasteiger charge is 2.56. The average molecular weight is 1390 g/mol. The number of amides is 8. The van der Waals surface area contributed by atoms with Crippen molar-refractivity contribution in [3.63, 3.8) is 0 Å². The van der Waals surface area contributed by atoms with E-state index >= 15 is 0 Å². The van der Waals surface area contributed by atoms with Crippen LogP contribution in [0.4, 0.5) is 0 Å². The summed E-state index contributed by atoms with van der Waals surface area (Å²) in [6, 6.07) is 18.5. The number of rotatable bonds is 18. The van der Waals surface area contributed by atoms with E-state index in [0.29, 0.717) is 48.3 Å². The van der Waals surface area contributed by atoms with E-state index < -0.39 is 82.8 Å². The maximum Gasteiger partial charge on any atom is 0.247 e. The number of hydrogen-bond donors (Lipinski definition) is 8. The number of fused-ring (bicyclic) bond motifs is 2. The summed E-state index contributed by atoms with van der Waals surface area (Å²) < 4.78 is 0. The van der Waals surface area contributed by atoms with Gasteiger partial charge in [0.1, 0.15) is 36.3 Å². The van der Waals surface area contributed by atoms with Crippen LogP contribution in [-0.4, -0.2) is 130 Å². The second-order valence-corrected chi connectivity index (χ2v) is 23.6. The number of thioether (sulfide) groups is 2. The van der Waals surface area contributed by atoms with Crippen LogP contribution in [0.5, 0.6) is 0 Å². The van der Waals surface area contributed by atoms with Crippen molar-refractivity contribution in [2.75, 3.05) is 25.6 Å². The third-order valence-electron chi connectivity index (χ3n) is 14.7. The second-order valence-electron chi connectivity index (χ2n) is 21.0. The van der Waals surface area contributed by atoms with Crippen molar-refractivity contribution in [2.45, 2.75) is 139 Å². The van der Waals surface area contributed by atoms with Crippen LogP contribution in [-0.2, 0) is 51.4 Å². The minimum absolute atomic E-state index is 0. The van der Waals surface area contributed by atoms with E-state index in [1.165, 1.54) is 0 Å². The molecule has 84 heavy (non-hydrogen) atoms. The van der Waals surface area contributed by atoms with Gasteiger partial charge in [-0.05, 0) is 98.2 Å². The van der Waals surface area contributed by atoms with Gasteiger partial charge in [-0.15, -0.1) is 23.5 Å². The maximum absolute atomic E-state index is 14.5. The van der Waals surface area contributed by atoms with Crippen molar-refractivity contribution in [3.8, 4) is 0 Å². The highest BCUT2D eigenvalue weighted by molar-refractivity contribution is 8.00. The van der Waals surface area contributed by atoms with E-state index in [1.807, 2.05) is 64.1 Å². The molecule has 8 N–H and O–H groups in total. The van der Waals surface area contributed by atoms with Gasteiger partial charge in [-0.25, -0.2) is 0 Å². The van der Waals surface area contributed by atoms with Gasteiger partial charge in [0.05, 0.1) is 22.8 Å². The van der Waals surface area contributed by atoms with Crippen molar-refractivity contribution in [1.82, 2.24) is 52.3 Å². The fourth-order valence-corrected chi connectivity index (χ4v) is 13.4. The third kappa shape index (κ3) is 21.4. The zero-order valence-electron chi connectivity index (χ0n) is 48.5. The Morgan fingerprint density at radius 3 is 1.11 bits per heavy atom. The third-order valence-corrected chi connectivity index (χ3v) is 17.2. The van der Waals surface area contributed by atoms with Gasteiger partial charge in [0.25, 0.3) is 0 Å². The molecule has 3 aromatic carbocycles. The fourth-order valence-electron chi connectivity index (χ4n) is 10.3. The highest BCUT2D eigenvalue weighted by Crippen LogP contribution is 2.48. The van der Waals surface area contributed by atoms with Crippen molar-refractivity contribution in [3.05, 3.63) is 107 Å². The molecule has 0 bridgehead atoms. The van der Waals surface area contributed by atoms with Crippen LogP contribution in [0.15, 0.2) is 84.9 Å². The van der Waals surface area contributed by atoms with E-state index in [0.717, 1.165) is 11.1 Å². The molecule has 7 rings (SSSR count). The molecule has 8 amide bonds. The van der Waals surface area contributed by atoms with Crippen molar-refractivity contribution < 1.29 is 38.4 Å². The van der Waals surface area contributed by atoms with Gasteiger partial charge in [-0.1, -0.05) is 113 Å². The molecule has 0 unspecified atom stereocenters. The number of benzene rings is 3. The van der Waals surface area contributed by atoms with Crippen LogP contribution in [0.2, 0.25) is 0 Å². The Morgan fingerprint density at radius 1 is 0.500 bits per heavy atom. The van der Waals surface area contributed by atoms with E-state index in [4.69, 9.17) is 0 Å². The van der Waals surface area contributed by atoms with Gasteiger partial charge in [0.15, 0.2) is 0 Å². The molecule has 0 aromatic heterocycles. The number of carbonyl (C=O) groups excluding carboxylic acids is 8. The summed E-state index contributed by atoms with van der Waals surface area (Å²) in [6.45, 7) is 11.4. The summed E-state index contributed by atoms with van der Waals surface area (Å²) in [5, 5.41) is 22.9. The molecule has 478 valence electrons. The lowest BCUT2D eigenvalue weighted by molar-refractivity contribution is -0.144. The van der Waals surface area contributed by atoms with Crippen LogP contribution < -0.4 is 42.5 Å². The standard InChI is InChI=1S/C54H72N10O8S2.10H2S/c1-31(55-7)45(65)59-37-23-25-73-39-27-53(3,4)43(63(39)51(37)71)49(69)61-41(35-15-11-9-12-16-35)47(67)57-29-33-19-21-34(22-20-33)30-58-48(68)42(36-17-13-10-14-18-36)62-50(70)44-54(5,6)28-40-64(44)52(72)38(24-26-74-40)60-46(66)32(2)56-8;;;;;;;;;;/h9-22,31-32,37-44,55-56H,23-30H2,1-8H3,(H,57,67)(H,58,68)(H,59,65)(H,60,66)(H,61,69)(H,62,70);10*1H2/t31-,32-,37-,38+,39-,40-,41+,42-,43+,44+;;;;;;;;;;/m0........../s1. The SMILES string of the molecule is CN[C@@H](C)C(=O)N[C@H]1CCS[C@H]2CC(C)(C)[C@@H](C(=O)N[C@@H](C(=O)NCc3ccc(CNC(=O)[C@@H](NC(=O)[C@H]4N5C(=O)[C@H](NC(=O)[C@H](C)NC)CCS[C@H]5CC4(C)C)c4ccccc4)cc3)c3ccccc3)N2C1=O.S.S.S.S.S.S.S.S.S.S. The largest absolute Gasteiger partial charge is 0.350 e. The van der Waals surface area contributed by atoms with Gasteiger partial charge < -0.3 is 52.3 Å². The minimum atomic E-state index is -1.09. The number of nitrogens with zero attached hydrogens (tertiary/aromatic N) is 2. The Morgan fingerprint density at radius 2 is 0.810 bits per heavy atom. The Balaban J connectivity index is -0.00000320. The summed E-state index contributed by atoms with van der Waals surface area (Å²) in [5.74, 6) is -1.84. The van der Waals surface area contributed by atoms with E-state index in [2.05, 4.69) is 42.5 Å². The molecule has 30 heteroatoms. The van der Waals surface area contributed by atoms with Gasteiger partial charge in [0, 0.05) is 13.1 Å². The minimum Gasteiger partial charge on any atom is -0.350 e. The molecule has 0 radical (unpaired) electrons. The summed E-state index contributed by atoms with van der Waals surface area (Å²) >= 11 is 3.19. The van der Waals surface area contributed by atoms with Gasteiger partial charge in [0.2, 0.25) is 47.3 Å². The van der Waals surface area contributed by atoms with Gasteiger partial charge in [-0.3, -0.25) is 38.4 Å². The summed E-state index contributed by atoms with van der Waals surface area (Å²) in [5.41, 5.74) is 1.35. The van der Waals surface area contributed by atoms with E-state index in [-0.39, 0.29) is 182 Å². The molecule has 18 nitrogen and oxygen atoms in total. The first kappa shape index (κ1) is 88.0. The van der Waals surface area contributed by atoms with Gasteiger partial charge >= 0.3 is 0 Å². The molecule has 4 aliphatic heterocycles. The summed E-state index contributed by atoms with van der Waals surface area (Å²) in [7, 11) is 3.34. The number of likely N-dealkylation sites (N-methyl/N-ethyl adjacent to an activating group) is 2. The molecule has 0 spiro atoms. The highest BCUT2D eigenvalue weighted by atomic mass is 32.2. The Hall–Kier alpha value is -2.46. The monoisotopic (exact) mass is 1390 g/mol. The Bertz CT molecular complexity index is 2400. The first-order valence-corrected chi connectivity index (χ1v) is 27.5. The predicted molar refractivity (Wildman–Crippen MR) is 389 cm³/mol. The summed E-state index contributed by atoms with van der Waals surface area (Å²) in [6.07, 6.45) is 1.98. The second kappa shape index (κ2) is 39.5. The zero-order chi connectivity index (χ0) is 53.5. The predicted octanol–water partition coefficient (Wildman–Crippen LogP) is 4.13. The van der Waals surface area contributed by atoms with Crippen LogP contribution >= 0.6 is 158 Å². The molecule has 4 aliphatic rings. The molecular formula is C54H92N10O8S12. The molecule has 0 saturated carbocycles. The van der Waals surface area contributed by atoms with Crippen molar-refractivity contribution >= 4 is 206 Å². The first-order valence-electron chi connectivity index (χ1n) is 25.4.